The first-order valence-corrected chi connectivity index (χ1v) is 5.46. The number of thiocarbonyl (C=S) groups is 1. The molecule has 1 aromatic carbocycles. The summed E-state index contributed by atoms with van der Waals surface area (Å²) < 4.78 is 28.6. The Kier molecular flexibility index (Phi) is 4.96. The summed E-state index contributed by atoms with van der Waals surface area (Å²) in [5.41, 5.74) is 5.47. The van der Waals surface area contributed by atoms with Crippen molar-refractivity contribution in [1.82, 2.24) is 0 Å². The summed E-state index contributed by atoms with van der Waals surface area (Å²) in [6.45, 7) is -1.44. The molecule has 1 amide bonds. The Morgan fingerprint density at radius 2 is 2.06 bits per heavy atom. The van der Waals surface area contributed by atoms with Crippen LogP contribution in [0.3, 0.4) is 0 Å². The van der Waals surface area contributed by atoms with Crippen LogP contribution in [0.25, 0.3) is 0 Å². The normalized spacial score (nSPS) is 12.0. The number of benzene rings is 1. The summed E-state index contributed by atoms with van der Waals surface area (Å²) in [6, 6.07) is 5.87. The van der Waals surface area contributed by atoms with Gasteiger partial charge in [-0.25, -0.2) is 0 Å². The number of ether oxygens (including phenoxy) is 1. The fraction of sp³-hybridized carbons (Fsp3) is 0.273. The van der Waals surface area contributed by atoms with Gasteiger partial charge in [0.05, 0.1) is 16.6 Å². The Hall–Kier alpha value is -1.76. The number of halogens is 2. The van der Waals surface area contributed by atoms with Crippen LogP contribution in [-0.4, -0.2) is 17.5 Å². The lowest BCUT2D eigenvalue weighted by Gasteiger charge is -2.14. The molecule has 1 rings (SSSR count). The van der Waals surface area contributed by atoms with Gasteiger partial charge in [0.2, 0.25) is 5.91 Å². The van der Waals surface area contributed by atoms with Crippen LogP contribution in [0.4, 0.5) is 14.5 Å². The van der Waals surface area contributed by atoms with Gasteiger partial charge in [0, 0.05) is 0 Å². The number of carbonyl (C=O) groups is 1. The minimum Gasteiger partial charge on any atom is -0.433 e. The molecule has 3 N–H and O–H groups in total. The number of anilines is 1. The number of rotatable bonds is 5. The predicted molar refractivity (Wildman–Crippen MR) is 67.7 cm³/mol. The zero-order valence-corrected chi connectivity index (χ0v) is 10.3. The van der Waals surface area contributed by atoms with E-state index in [2.05, 4.69) is 22.3 Å². The van der Waals surface area contributed by atoms with E-state index in [1.807, 2.05) is 0 Å². The molecule has 0 aliphatic carbocycles. The van der Waals surface area contributed by atoms with Gasteiger partial charge in [-0.05, 0) is 19.1 Å². The molecule has 18 heavy (non-hydrogen) atoms. The quantitative estimate of drug-likeness (QED) is 0.807. The van der Waals surface area contributed by atoms with Crippen molar-refractivity contribution in [3.8, 4) is 5.75 Å². The molecule has 0 saturated carbocycles. The van der Waals surface area contributed by atoms with Crippen molar-refractivity contribution in [3.05, 3.63) is 24.3 Å². The van der Waals surface area contributed by atoms with Crippen LogP contribution in [0.15, 0.2) is 24.3 Å². The van der Waals surface area contributed by atoms with Gasteiger partial charge >= 0.3 is 6.61 Å². The third-order valence-corrected chi connectivity index (χ3v) is 2.53. The molecule has 0 aromatic heterocycles. The maximum atomic E-state index is 12.1. The topological polar surface area (TPSA) is 64.3 Å². The number of carbonyl (C=O) groups excluding carboxylic acids is 1. The first-order chi connectivity index (χ1) is 8.41. The fourth-order valence-electron chi connectivity index (χ4n) is 1.14. The van der Waals surface area contributed by atoms with Crippen LogP contribution in [0.2, 0.25) is 0 Å². The number of amides is 1. The molecule has 0 fully saturated rings. The first-order valence-electron chi connectivity index (χ1n) is 5.06. The van der Waals surface area contributed by atoms with Gasteiger partial charge in [-0.15, -0.1) is 0 Å². The van der Waals surface area contributed by atoms with Crippen LogP contribution in [0.1, 0.15) is 6.92 Å². The lowest BCUT2D eigenvalue weighted by molar-refractivity contribution is -0.117. The zero-order valence-electron chi connectivity index (χ0n) is 9.52. The summed E-state index contributed by atoms with van der Waals surface area (Å²) in [6.07, 6.45) is 0. The highest BCUT2D eigenvalue weighted by Gasteiger charge is 2.18. The van der Waals surface area contributed by atoms with Gasteiger partial charge in [0.15, 0.2) is 0 Å². The number of nitrogens with one attached hydrogen (secondary N) is 1. The van der Waals surface area contributed by atoms with E-state index >= 15 is 0 Å². The van der Waals surface area contributed by atoms with Crippen LogP contribution < -0.4 is 15.8 Å². The second-order valence-electron chi connectivity index (χ2n) is 3.49. The van der Waals surface area contributed by atoms with Crippen LogP contribution in [0, 0.1) is 5.92 Å². The van der Waals surface area contributed by atoms with Crippen LogP contribution in [-0.2, 0) is 4.79 Å². The summed E-state index contributed by atoms with van der Waals surface area (Å²) in [5, 5.41) is 2.43. The van der Waals surface area contributed by atoms with E-state index in [1.165, 1.54) is 25.1 Å². The zero-order chi connectivity index (χ0) is 13.7. The van der Waals surface area contributed by atoms with Crippen molar-refractivity contribution in [2.45, 2.75) is 13.5 Å². The van der Waals surface area contributed by atoms with E-state index in [4.69, 9.17) is 5.73 Å². The van der Waals surface area contributed by atoms with Crippen molar-refractivity contribution in [3.63, 3.8) is 0 Å². The minimum absolute atomic E-state index is 0.0276. The van der Waals surface area contributed by atoms with E-state index in [9.17, 15) is 13.6 Å². The summed E-state index contributed by atoms with van der Waals surface area (Å²) >= 11 is 4.68. The molecule has 98 valence electrons. The lowest BCUT2D eigenvalue weighted by Crippen LogP contribution is -2.31. The number of hydrogen-bond donors (Lipinski definition) is 2. The first kappa shape index (κ1) is 14.3. The monoisotopic (exact) mass is 274 g/mol. The summed E-state index contributed by atoms with van der Waals surface area (Å²) in [7, 11) is 0. The minimum atomic E-state index is -2.96. The van der Waals surface area contributed by atoms with E-state index in [0.29, 0.717) is 0 Å². The smallest absolute Gasteiger partial charge is 0.387 e. The molecule has 0 aliphatic rings. The fourth-order valence-corrected chi connectivity index (χ4v) is 1.25. The Labute approximate surface area is 108 Å². The van der Waals surface area contributed by atoms with Gasteiger partial charge in [0.1, 0.15) is 5.75 Å². The number of para-hydroxylation sites is 2. The molecule has 0 spiro atoms. The maximum absolute atomic E-state index is 12.1. The highest BCUT2D eigenvalue weighted by atomic mass is 32.1. The Bertz CT molecular complexity index is 454. The molecule has 0 radical (unpaired) electrons. The molecule has 1 atom stereocenters. The Morgan fingerprint density at radius 1 is 1.44 bits per heavy atom. The maximum Gasteiger partial charge on any atom is 0.387 e. The van der Waals surface area contributed by atoms with Gasteiger partial charge in [-0.1, -0.05) is 24.4 Å². The van der Waals surface area contributed by atoms with Gasteiger partial charge in [-0.3, -0.25) is 4.79 Å². The third-order valence-electron chi connectivity index (χ3n) is 2.18. The van der Waals surface area contributed by atoms with Gasteiger partial charge in [-0.2, -0.15) is 8.78 Å². The van der Waals surface area contributed by atoms with Crippen molar-refractivity contribution < 1.29 is 18.3 Å². The summed E-state index contributed by atoms with van der Waals surface area (Å²) in [4.78, 5) is 11.7. The molecule has 1 aromatic rings. The molecule has 0 heterocycles. The summed E-state index contributed by atoms with van der Waals surface area (Å²) in [5.74, 6) is -1.29. The number of nitrogens with two attached hydrogens (primary N) is 1. The Balaban J connectivity index is 2.84. The van der Waals surface area contributed by atoms with Crippen molar-refractivity contribution >= 4 is 28.8 Å². The Morgan fingerprint density at radius 3 is 2.61 bits per heavy atom. The van der Waals surface area contributed by atoms with Crippen LogP contribution in [0.5, 0.6) is 5.75 Å². The molecule has 4 nitrogen and oxygen atoms in total. The van der Waals surface area contributed by atoms with Crippen molar-refractivity contribution in [1.29, 1.82) is 0 Å². The molecular weight excluding hydrogens is 262 g/mol. The van der Waals surface area contributed by atoms with E-state index in [0.717, 1.165) is 0 Å². The van der Waals surface area contributed by atoms with Gasteiger partial charge in [0.25, 0.3) is 0 Å². The average Bonchev–Trinajstić information content (AvgIpc) is 2.29. The second kappa shape index (κ2) is 6.25. The molecule has 7 heteroatoms. The number of hydrogen-bond acceptors (Lipinski definition) is 3. The highest BCUT2D eigenvalue weighted by molar-refractivity contribution is 7.80. The molecule has 0 aliphatic heterocycles. The highest BCUT2D eigenvalue weighted by Crippen LogP contribution is 2.25. The van der Waals surface area contributed by atoms with Crippen molar-refractivity contribution in [2.24, 2.45) is 11.7 Å². The number of alkyl halides is 2. The molecule has 0 saturated heterocycles. The molecule has 1 unspecified atom stereocenters. The van der Waals surface area contributed by atoms with Crippen LogP contribution >= 0.6 is 12.2 Å². The SMILES string of the molecule is CC(C(=O)Nc1ccccc1OC(F)F)C(N)=S. The largest absolute Gasteiger partial charge is 0.433 e. The molecule has 0 bridgehead atoms. The standard InChI is InChI=1S/C11H12F2N2O2S/c1-6(9(14)18)10(16)15-7-4-2-3-5-8(7)17-11(12)13/h2-6,11H,1H3,(H2,14,18)(H,15,16). The second-order valence-corrected chi connectivity index (χ2v) is 3.96. The lowest BCUT2D eigenvalue weighted by atomic mass is 10.1. The van der Waals surface area contributed by atoms with Gasteiger partial charge < -0.3 is 15.8 Å². The van der Waals surface area contributed by atoms with E-state index < -0.39 is 18.4 Å². The molecular formula is C11H12F2N2O2S. The average molecular weight is 274 g/mol. The van der Waals surface area contributed by atoms with E-state index in [-0.39, 0.29) is 16.4 Å². The third kappa shape index (κ3) is 3.92. The van der Waals surface area contributed by atoms with E-state index in [1.54, 1.807) is 6.07 Å². The predicted octanol–water partition coefficient (Wildman–Crippen LogP) is 2.15. The van der Waals surface area contributed by atoms with Crippen molar-refractivity contribution in [2.75, 3.05) is 5.32 Å².